The van der Waals surface area contributed by atoms with Gasteiger partial charge >= 0.3 is 11.7 Å². The van der Waals surface area contributed by atoms with Crippen LogP contribution in [0.15, 0.2) is 6.33 Å². The largest absolute Gasteiger partial charge is 0.469 e. The van der Waals surface area contributed by atoms with Crippen molar-refractivity contribution in [1.29, 1.82) is 0 Å². The number of methoxy groups -OCH3 is 1. The lowest BCUT2D eigenvalue weighted by molar-refractivity contribution is -0.383. The maximum Gasteiger partial charge on any atom is 0.353 e. The summed E-state index contributed by atoms with van der Waals surface area (Å²) in [5.74, 6) is 0.0823. The van der Waals surface area contributed by atoms with Crippen molar-refractivity contribution in [2.75, 3.05) is 30.4 Å². The minimum Gasteiger partial charge on any atom is -0.469 e. The minimum atomic E-state index is -0.462. The van der Waals surface area contributed by atoms with Gasteiger partial charge in [-0.1, -0.05) is 0 Å². The number of nitrogens with zero attached hydrogens (tertiary/aromatic N) is 4. The van der Waals surface area contributed by atoms with E-state index < -0.39 is 4.92 Å². The molecule has 9 heteroatoms. The number of carbonyl (C=O) groups excluding carboxylic acids is 1. The van der Waals surface area contributed by atoms with Gasteiger partial charge in [-0.25, -0.2) is 9.97 Å². The van der Waals surface area contributed by atoms with Crippen molar-refractivity contribution in [1.82, 2.24) is 9.97 Å². The van der Waals surface area contributed by atoms with Crippen LogP contribution >= 0.6 is 0 Å². The molecule has 0 atom stereocenters. The van der Waals surface area contributed by atoms with Gasteiger partial charge in [0, 0.05) is 18.6 Å². The minimum absolute atomic E-state index is 0.135. The highest BCUT2D eigenvalue weighted by Gasteiger charge is 2.32. The second-order valence-electron chi connectivity index (χ2n) is 6.81. The van der Waals surface area contributed by atoms with Gasteiger partial charge in [-0.3, -0.25) is 14.9 Å². The molecule has 2 heterocycles. The molecule has 0 spiro atoms. The van der Waals surface area contributed by atoms with Crippen molar-refractivity contribution >= 4 is 23.3 Å². The molecular weight excluding hydrogens is 314 g/mol. The Morgan fingerprint density at radius 1 is 1.38 bits per heavy atom. The zero-order valence-corrected chi connectivity index (χ0v) is 14.4. The molecule has 1 aromatic heterocycles. The molecule has 0 amide bonds. The van der Waals surface area contributed by atoms with Crippen LogP contribution in [0.5, 0.6) is 0 Å². The van der Waals surface area contributed by atoms with Crippen LogP contribution < -0.4 is 10.2 Å². The van der Waals surface area contributed by atoms with Gasteiger partial charge in [0.2, 0.25) is 11.6 Å². The second kappa shape index (κ2) is 6.98. The first-order valence-electron chi connectivity index (χ1n) is 7.83. The van der Waals surface area contributed by atoms with Gasteiger partial charge in [0.05, 0.1) is 18.0 Å². The molecule has 0 aromatic carbocycles. The highest BCUT2D eigenvalue weighted by atomic mass is 16.6. The van der Waals surface area contributed by atoms with E-state index in [9.17, 15) is 14.9 Å². The van der Waals surface area contributed by atoms with Crippen LogP contribution in [0.25, 0.3) is 0 Å². The van der Waals surface area contributed by atoms with E-state index in [0.29, 0.717) is 25.9 Å². The first-order chi connectivity index (χ1) is 11.2. The molecule has 0 unspecified atom stereocenters. The number of hydrogen-bond donors (Lipinski definition) is 1. The molecule has 0 saturated carbocycles. The number of nitrogens with one attached hydrogen (secondary N) is 1. The molecule has 1 saturated heterocycles. The van der Waals surface area contributed by atoms with Crippen LogP contribution in [0.3, 0.4) is 0 Å². The highest BCUT2D eigenvalue weighted by molar-refractivity contribution is 5.74. The predicted molar refractivity (Wildman–Crippen MR) is 89.0 cm³/mol. The fourth-order valence-corrected chi connectivity index (χ4v) is 2.71. The molecule has 1 fully saturated rings. The molecular formula is C15H23N5O4. The Labute approximate surface area is 140 Å². The van der Waals surface area contributed by atoms with Crippen molar-refractivity contribution in [2.24, 2.45) is 5.92 Å². The second-order valence-corrected chi connectivity index (χ2v) is 6.81. The molecule has 1 aromatic rings. The Bertz CT molecular complexity index is 621. The zero-order valence-electron chi connectivity index (χ0n) is 14.4. The number of esters is 1. The molecule has 132 valence electrons. The fraction of sp³-hybridized carbons (Fsp3) is 0.667. The van der Waals surface area contributed by atoms with Gasteiger partial charge in [0.1, 0.15) is 6.33 Å². The first-order valence-corrected chi connectivity index (χ1v) is 7.83. The van der Waals surface area contributed by atoms with Gasteiger partial charge in [0.25, 0.3) is 0 Å². The summed E-state index contributed by atoms with van der Waals surface area (Å²) in [7, 11) is 1.37. The van der Waals surface area contributed by atoms with Crippen LogP contribution in [0.1, 0.15) is 33.6 Å². The molecule has 1 aliphatic rings. The highest BCUT2D eigenvalue weighted by Crippen LogP contribution is 2.35. The normalized spacial score (nSPS) is 15.9. The summed E-state index contributed by atoms with van der Waals surface area (Å²) in [5.41, 5.74) is -0.502. The van der Waals surface area contributed by atoms with Crippen molar-refractivity contribution in [2.45, 2.75) is 39.2 Å². The van der Waals surface area contributed by atoms with Crippen LogP contribution in [-0.2, 0) is 9.53 Å². The van der Waals surface area contributed by atoms with Crippen molar-refractivity contribution < 1.29 is 14.5 Å². The Hall–Kier alpha value is -2.45. The molecule has 1 N–H and O–H groups in total. The Kier molecular flexibility index (Phi) is 5.20. The van der Waals surface area contributed by atoms with Crippen molar-refractivity contribution in [3.05, 3.63) is 16.4 Å². The standard InChI is InChI=1S/C15H23N5O4/c1-15(2,3)18-12-11(20(22)23)13(17-9-16-12)19-7-5-10(6-8-19)14(21)24-4/h9-10H,5-8H2,1-4H3,(H,16,17,18). The third-order valence-corrected chi connectivity index (χ3v) is 3.81. The lowest BCUT2D eigenvalue weighted by atomic mass is 9.97. The number of rotatable bonds is 4. The van der Waals surface area contributed by atoms with Gasteiger partial charge < -0.3 is 15.0 Å². The fourth-order valence-electron chi connectivity index (χ4n) is 2.71. The van der Waals surface area contributed by atoms with E-state index in [0.717, 1.165) is 0 Å². The number of carbonyl (C=O) groups is 1. The monoisotopic (exact) mass is 337 g/mol. The smallest absolute Gasteiger partial charge is 0.353 e. The first kappa shape index (κ1) is 17.9. The Morgan fingerprint density at radius 3 is 2.50 bits per heavy atom. The SMILES string of the molecule is COC(=O)C1CCN(c2ncnc(NC(C)(C)C)c2[N+](=O)[O-])CC1. The predicted octanol–water partition coefficient (Wildman–Crippen LogP) is 1.98. The van der Waals surface area contributed by atoms with Crippen LogP contribution in [0.4, 0.5) is 17.3 Å². The molecule has 2 rings (SSSR count). The molecule has 0 bridgehead atoms. The van der Waals surface area contributed by atoms with Crippen LogP contribution in [0.2, 0.25) is 0 Å². The third kappa shape index (κ3) is 4.09. The molecule has 0 radical (unpaired) electrons. The number of aromatic nitrogens is 2. The summed E-state index contributed by atoms with van der Waals surface area (Å²) in [5, 5.41) is 14.6. The number of piperidine rings is 1. The number of ether oxygens (including phenoxy) is 1. The van der Waals surface area contributed by atoms with Gasteiger partial charge in [-0.15, -0.1) is 0 Å². The van der Waals surface area contributed by atoms with E-state index in [-0.39, 0.29) is 34.7 Å². The molecule has 0 aliphatic carbocycles. The van der Waals surface area contributed by atoms with Crippen molar-refractivity contribution in [3.63, 3.8) is 0 Å². The summed E-state index contributed by atoms with van der Waals surface area (Å²) in [6.45, 7) is 6.72. The molecule has 24 heavy (non-hydrogen) atoms. The Balaban J connectivity index is 2.26. The summed E-state index contributed by atoms with van der Waals surface area (Å²) in [4.78, 5) is 32.7. The Morgan fingerprint density at radius 2 is 2.00 bits per heavy atom. The average molecular weight is 337 g/mol. The molecule has 1 aliphatic heterocycles. The number of nitro groups is 1. The number of anilines is 2. The van der Waals surface area contributed by atoms with Crippen molar-refractivity contribution in [3.8, 4) is 0 Å². The van der Waals surface area contributed by atoms with Crippen LogP contribution in [-0.4, -0.2) is 46.6 Å². The summed E-state index contributed by atoms with van der Waals surface area (Å²) in [6, 6.07) is 0. The third-order valence-electron chi connectivity index (χ3n) is 3.81. The average Bonchev–Trinajstić information content (AvgIpc) is 2.52. The number of hydrogen-bond acceptors (Lipinski definition) is 8. The maximum atomic E-state index is 11.6. The topological polar surface area (TPSA) is 110 Å². The lowest BCUT2D eigenvalue weighted by Gasteiger charge is -2.31. The van der Waals surface area contributed by atoms with E-state index in [1.54, 1.807) is 0 Å². The van der Waals surface area contributed by atoms with Gasteiger partial charge in [-0.05, 0) is 33.6 Å². The van der Waals surface area contributed by atoms with E-state index in [4.69, 9.17) is 4.74 Å². The summed E-state index contributed by atoms with van der Waals surface area (Å²) < 4.78 is 4.77. The lowest BCUT2D eigenvalue weighted by Crippen LogP contribution is -2.38. The quantitative estimate of drug-likeness (QED) is 0.504. The summed E-state index contributed by atoms with van der Waals surface area (Å²) >= 11 is 0. The van der Waals surface area contributed by atoms with E-state index in [2.05, 4.69) is 15.3 Å². The molecule has 9 nitrogen and oxygen atoms in total. The zero-order chi connectivity index (χ0) is 17.9. The summed E-state index contributed by atoms with van der Waals surface area (Å²) in [6.07, 6.45) is 2.48. The van der Waals surface area contributed by atoms with E-state index in [1.807, 2.05) is 25.7 Å². The van der Waals surface area contributed by atoms with Crippen LogP contribution in [0, 0.1) is 16.0 Å². The van der Waals surface area contributed by atoms with E-state index in [1.165, 1.54) is 13.4 Å². The van der Waals surface area contributed by atoms with E-state index >= 15 is 0 Å². The van der Waals surface area contributed by atoms with Gasteiger partial charge in [0.15, 0.2) is 0 Å². The van der Waals surface area contributed by atoms with Gasteiger partial charge in [-0.2, -0.15) is 0 Å². The maximum absolute atomic E-state index is 11.6.